The van der Waals surface area contributed by atoms with Gasteiger partial charge in [-0.05, 0) is 36.0 Å². The largest absolute Gasteiger partial charge is 0.452 e. The van der Waals surface area contributed by atoms with Crippen molar-refractivity contribution in [3.05, 3.63) is 108 Å². The summed E-state index contributed by atoms with van der Waals surface area (Å²) in [6.45, 7) is 7.27. The summed E-state index contributed by atoms with van der Waals surface area (Å²) in [5.41, 5.74) is 3.16. The molecule has 364 valence electrons. The summed E-state index contributed by atoms with van der Waals surface area (Å²) >= 11 is 0. The third kappa shape index (κ3) is 28.3. The van der Waals surface area contributed by atoms with E-state index >= 15 is 0 Å². The van der Waals surface area contributed by atoms with Gasteiger partial charge in [-0.3, -0.25) is 9.59 Å². The molecular formula is C58H91NO6. The summed E-state index contributed by atoms with van der Waals surface area (Å²) in [5.74, 6) is -0.771. The second-order valence-corrected chi connectivity index (χ2v) is 18.5. The summed E-state index contributed by atoms with van der Waals surface area (Å²) in [4.78, 5) is 26.8. The minimum absolute atomic E-state index is 0.202. The van der Waals surface area contributed by atoms with Crippen molar-refractivity contribution in [2.75, 3.05) is 6.61 Å². The summed E-state index contributed by atoms with van der Waals surface area (Å²) in [7, 11) is 0. The number of benzene rings is 3. The van der Waals surface area contributed by atoms with Gasteiger partial charge in [0.05, 0.1) is 38.6 Å². The van der Waals surface area contributed by atoms with Crippen LogP contribution in [0.2, 0.25) is 0 Å². The van der Waals surface area contributed by atoms with Gasteiger partial charge in [-0.25, -0.2) is 0 Å². The molecule has 4 atom stereocenters. The number of unbranched alkanes of at least 4 members (excludes halogenated alkanes) is 23. The maximum atomic E-state index is 14.3. The predicted octanol–water partition coefficient (Wildman–Crippen LogP) is 15.4. The Bertz CT molecular complexity index is 1540. The van der Waals surface area contributed by atoms with Gasteiger partial charge in [0, 0.05) is 6.92 Å². The Balaban J connectivity index is 1.58. The molecule has 3 aromatic carbocycles. The SMILES string of the molecule is CCCCCCCCCCCCCCCCCCCCCC[C@@H](OC(C)=O)C(=O)N[C@@H](COCc1ccccc1)[C@H](OCc1ccccc1)[C@@H](CCCCCCC)OCc1ccccc1. The van der Waals surface area contributed by atoms with E-state index in [0.29, 0.717) is 26.2 Å². The van der Waals surface area contributed by atoms with Crippen LogP contribution in [0.4, 0.5) is 0 Å². The zero-order valence-electron chi connectivity index (χ0n) is 41.3. The van der Waals surface area contributed by atoms with Crippen molar-refractivity contribution in [3.8, 4) is 0 Å². The molecule has 65 heavy (non-hydrogen) atoms. The van der Waals surface area contributed by atoms with Crippen LogP contribution in [0.3, 0.4) is 0 Å². The number of nitrogens with one attached hydrogen (secondary N) is 1. The molecule has 0 saturated heterocycles. The minimum atomic E-state index is -0.896. The molecule has 0 unspecified atom stereocenters. The first kappa shape index (κ1) is 55.8. The van der Waals surface area contributed by atoms with E-state index in [1.807, 2.05) is 66.7 Å². The number of ether oxygens (including phenoxy) is 4. The number of rotatable bonds is 42. The standard InChI is InChI=1S/C58H91NO6/c1-4-6-8-10-11-12-13-14-15-16-17-18-19-20-21-22-23-24-26-37-45-56(65-50(3)60)58(61)59-54(49-62-46-51-38-30-27-31-39-51)57(64-48-53-42-34-29-35-43-53)55(44-36-25-9-7-5-2)63-47-52-40-32-28-33-41-52/h27-35,38-43,54-57H,4-26,36-37,44-49H2,1-3H3,(H,59,61)/t54-,55+,56+,57-/m0/s1. The molecule has 0 saturated carbocycles. The molecule has 7 heteroatoms. The maximum absolute atomic E-state index is 14.3. The topological polar surface area (TPSA) is 83.1 Å². The van der Waals surface area contributed by atoms with Gasteiger partial charge in [-0.15, -0.1) is 0 Å². The Hall–Kier alpha value is -3.52. The highest BCUT2D eigenvalue weighted by Crippen LogP contribution is 2.23. The first-order valence-electron chi connectivity index (χ1n) is 26.4. The highest BCUT2D eigenvalue weighted by Gasteiger charge is 2.35. The highest BCUT2D eigenvalue weighted by molar-refractivity contribution is 5.83. The van der Waals surface area contributed by atoms with Crippen molar-refractivity contribution in [2.45, 2.75) is 238 Å². The van der Waals surface area contributed by atoms with Gasteiger partial charge >= 0.3 is 5.97 Å². The van der Waals surface area contributed by atoms with E-state index in [1.54, 1.807) is 0 Å². The van der Waals surface area contributed by atoms with E-state index in [0.717, 1.165) is 55.2 Å². The third-order valence-corrected chi connectivity index (χ3v) is 12.6. The van der Waals surface area contributed by atoms with Crippen LogP contribution >= 0.6 is 0 Å². The fourth-order valence-corrected chi connectivity index (χ4v) is 8.72. The minimum Gasteiger partial charge on any atom is -0.452 e. The molecular weight excluding hydrogens is 807 g/mol. The monoisotopic (exact) mass is 898 g/mol. The lowest BCUT2D eigenvalue weighted by atomic mass is 9.98. The van der Waals surface area contributed by atoms with Gasteiger partial charge in [0.25, 0.3) is 5.91 Å². The second-order valence-electron chi connectivity index (χ2n) is 18.5. The van der Waals surface area contributed by atoms with Gasteiger partial charge < -0.3 is 24.3 Å². The molecule has 0 bridgehead atoms. The van der Waals surface area contributed by atoms with Crippen molar-refractivity contribution < 1.29 is 28.5 Å². The van der Waals surface area contributed by atoms with Crippen molar-refractivity contribution in [1.29, 1.82) is 0 Å². The maximum Gasteiger partial charge on any atom is 0.303 e. The molecule has 3 rings (SSSR count). The Morgan fingerprint density at radius 1 is 0.462 bits per heavy atom. The number of hydrogen-bond donors (Lipinski definition) is 1. The van der Waals surface area contributed by atoms with Crippen LogP contribution in [0.1, 0.15) is 211 Å². The Labute approximate surface area is 396 Å². The lowest BCUT2D eigenvalue weighted by Gasteiger charge is -2.35. The van der Waals surface area contributed by atoms with Crippen molar-refractivity contribution in [2.24, 2.45) is 0 Å². The van der Waals surface area contributed by atoms with E-state index in [1.165, 1.54) is 135 Å². The Morgan fingerprint density at radius 2 is 0.831 bits per heavy atom. The number of carbonyl (C=O) groups is 2. The van der Waals surface area contributed by atoms with Gasteiger partial charge in [0.2, 0.25) is 0 Å². The quantitative estimate of drug-likeness (QED) is 0.0450. The summed E-state index contributed by atoms with van der Waals surface area (Å²) < 4.78 is 25.8. The highest BCUT2D eigenvalue weighted by atomic mass is 16.6. The normalized spacial score (nSPS) is 13.3. The predicted molar refractivity (Wildman–Crippen MR) is 270 cm³/mol. The molecule has 0 heterocycles. The molecule has 1 amide bonds. The zero-order valence-corrected chi connectivity index (χ0v) is 41.3. The summed E-state index contributed by atoms with van der Waals surface area (Å²) in [5, 5.41) is 3.30. The average Bonchev–Trinajstić information content (AvgIpc) is 3.32. The van der Waals surface area contributed by atoms with Crippen LogP contribution in [0, 0.1) is 0 Å². The van der Waals surface area contributed by atoms with E-state index in [9.17, 15) is 9.59 Å². The van der Waals surface area contributed by atoms with E-state index < -0.39 is 24.2 Å². The van der Waals surface area contributed by atoms with Crippen LogP contribution in [-0.2, 0) is 48.4 Å². The van der Waals surface area contributed by atoms with Crippen LogP contribution in [-0.4, -0.2) is 42.8 Å². The second kappa shape index (κ2) is 38.6. The van der Waals surface area contributed by atoms with E-state index in [4.69, 9.17) is 18.9 Å². The molecule has 0 aliphatic heterocycles. The van der Waals surface area contributed by atoms with Crippen LogP contribution < -0.4 is 5.32 Å². The molecule has 0 fully saturated rings. The number of carbonyl (C=O) groups excluding carboxylic acids is 2. The number of amides is 1. The number of hydrogen-bond acceptors (Lipinski definition) is 6. The molecule has 7 nitrogen and oxygen atoms in total. The molecule has 0 aliphatic rings. The fourth-order valence-electron chi connectivity index (χ4n) is 8.72. The van der Waals surface area contributed by atoms with Crippen molar-refractivity contribution in [3.63, 3.8) is 0 Å². The smallest absolute Gasteiger partial charge is 0.303 e. The van der Waals surface area contributed by atoms with Crippen LogP contribution in [0.25, 0.3) is 0 Å². The van der Waals surface area contributed by atoms with E-state index in [-0.39, 0.29) is 18.6 Å². The fraction of sp³-hybridized carbons (Fsp3) is 0.655. The van der Waals surface area contributed by atoms with E-state index in [2.05, 4.69) is 43.4 Å². The average molecular weight is 898 g/mol. The first-order valence-corrected chi connectivity index (χ1v) is 26.4. The van der Waals surface area contributed by atoms with Gasteiger partial charge in [0.1, 0.15) is 6.10 Å². The molecule has 3 aromatic rings. The lowest BCUT2D eigenvalue weighted by molar-refractivity contribution is -0.156. The zero-order chi connectivity index (χ0) is 46.3. The van der Waals surface area contributed by atoms with Crippen LogP contribution in [0.5, 0.6) is 0 Å². The summed E-state index contributed by atoms with van der Waals surface area (Å²) in [6, 6.07) is 29.8. The van der Waals surface area contributed by atoms with Crippen molar-refractivity contribution in [1.82, 2.24) is 5.32 Å². The molecule has 0 spiro atoms. The molecule has 0 aliphatic carbocycles. The molecule has 0 aromatic heterocycles. The molecule has 0 radical (unpaired) electrons. The van der Waals surface area contributed by atoms with Crippen LogP contribution in [0.15, 0.2) is 91.0 Å². The first-order chi connectivity index (χ1) is 32.0. The third-order valence-electron chi connectivity index (χ3n) is 12.6. The Kier molecular flexibility index (Phi) is 33.1. The lowest BCUT2D eigenvalue weighted by Crippen LogP contribution is -2.55. The van der Waals surface area contributed by atoms with Gasteiger partial charge in [-0.2, -0.15) is 0 Å². The number of esters is 1. The van der Waals surface area contributed by atoms with Gasteiger partial charge in [-0.1, -0.05) is 259 Å². The summed E-state index contributed by atoms with van der Waals surface area (Å²) in [6.07, 6.45) is 31.3. The molecule has 1 N–H and O–H groups in total. The van der Waals surface area contributed by atoms with Gasteiger partial charge in [0.15, 0.2) is 6.10 Å². The Morgan fingerprint density at radius 3 is 1.25 bits per heavy atom. The van der Waals surface area contributed by atoms with Crippen molar-refractivity contribution >= 4 is 11.9 Å².